The Labute approximate surface area is 151 Å². The maximum atomic E-state index is 6.46. The Balaban J connectivity index is 1.69. The zero-order chi connectivity index (χ0) is 17.6. The van der Waals surface area contributed by atoms with Crippen LogP contribution in [0.15, 0.2) is 60.7 Å². The van der Waals surface area contributed by atoms with Crippen molar-refractivity contribution in [2.24, 2.45) is 5.41 Å². The second-order valence-corrected chi connectivity index (χ2v) is 7.88. The van der Waals surface area contributed by atoms with Gasteiger partial charge >= 0.3 is 0 Å². The molecule has 1 fully saturated rings. The summed E-state index contributed by atoms with van der Waals surface area (Å²) in [5.41, 5.74) is 2.29. The molecule has 1 aliphatic rings. The lowest BCUT2D eigenvalue weighted by Crippen LogP contribution is -2.47. The van der Waals surface area contributed by atoms with E-state index in [0.717, 1.165) is 26.1 Å². The Hall–Kier alpha value is -1.68. The molecular weight excluding hydrogens is 310 g/mol. The number of hydrogen-bond donors (Lipinski definition) is 1. The van der Waals surface area contributed by atoms with Crippen molar-refractivity contribution in [2.45, 2.75) is 32.5 Å². The smallest absolute Gasteiger partial charge is 0.108 e. The monoisotopic (exact) mass is 339 g/mol. The number of benzene rings is 2. The standard InChI is InChI=1S/C22H29NO2/c1-21(2)15-23-16-22(25-17-21,13-19-9-5-3-6-10-19)18-24-14-20-11-7-4-8-12-20/h3-12,23H,13-18H2,1-2H3. The average Bonchev–Trinajstić information content (AvgIpc) is 2.76. The third-order valence-electron chi connectivity index (χ3n) is 4.67. The summed E-state index contributed by atoms with van der Waals surface area (Å²) < 4.78 is 12.6. The highest BCUT2D eigenvalue weighted by molar-refractivity contribution is 5.18. The molecule has 0 radical (unpaired) electrons. The number of rotatable bonds is 6. The minimum absolute atomic E-state index is 0.137. The van der Waals surface area contributed by atoms with Crippen LogP contribution < -0.4 is 5.32 Å². The summed E-state index contributed by atoms with van der Waals surface area (Å²) >= 11 is 0. The van der Waals surface area contributed by atoms with E-state index in [1.807, 2.05) is 18.2 Å². The Morgan fingerprint density at radius 2 is 1.56 bits per heavy atom. The Morgan fingerprint density at radius 1 is 0.920 bits per heavy atom. The van der Waals surface area contributed by atoms with E-state index < -0.39 is 0 Å². The van der Waals surface area contributed by atoms with Gasteiger partial charge in [-0.2, -0.15) is 0 Å². The third kappa shape index (κ3) is 5.40. The molecule has 0 amide bonds. The molecule has 1 atom stereocenters. The van der Waals surface area contributed by atoms with Gasteiger partial charge in [0, 0.05) is 24.9 Å². The van der Waals surface area contributed by atoms with Crippen LogP contribution >= 0.6 is 0 Å². The van der Waals surface area contributed by atoms with E-state index in [1.165, 1.54) is 11.1 Å². The minimum Gasteiger partial charge on any atom is -0.374 e. The summed E-state index contributed by atoms with van der Waals surface area (Å²) in [6.07, 6.45) is 0.853. The molecule has 3 rings (SSSR count). The van der Waals surface area contributed by atoms with E-state index in [2.05, 4.69) is 61.6 Å². The summed E-state index contributed by atoms with van der Waals surface area (Å²) in [4.78, 5) is 0. The van der Waals surface area contributed by atoms with Crippen molar-refractivity contribution in [3.05, 3.63) is 71.8 Å². The molecule has 1 saturated heterocycles. The molecule has 1 aliphatic heterocycles. The van der Waals surface area contributed by atoms with E-state index in [0.29, 0.717) is 13.2 Å². The van der Waals surface area contributed by atoms with E-state index in [4.69, 9.17) is 9.47 Å². The van der Waals surface area contributed by atoms with Crippen LogP contribution in [0.1, 0.15) is 25.0 Å². The van der Waals surface area contributed by atoms with E-state index >= 15 is 0 Å². The summed E-state index contributed by atoms with van der Waals surface area (Å²) in [6, 6.07) is 20.9. The van der Waals surface area contributed by atoms with E-state index in [1.54, 1.807) is 0 Å². The van der Waals surface area contributed by atoms with Crippen LogP contribution in [0.3, 0.4) is 0 Å². The molecule has 134 valence electrons. The molecule has 1 heterocycles. The topological polar surface area (TPSA) is 30.5 Å². The summed E-state index contributed by atoms with van der Waals surface area (Å²) in [7, 11) is 0. The fraction of sp³-hybridized carbons (Fsp3) is 0.455. The van der Waals surface area contributed by atoms with Crippen LogP contribution in [0.5, 0.6) is 0 Å². The van der Waals surface area contributed by atoms with Crippen LogP contribution in [-0.4, -0.2) is 31.9 Å². The molecule has 25 heavy (non-hydrogen) atoms. The summed E-state index contributed by atoms with van der Waals surface area (Å²) in [6.45, 7) is 8.18. The Kier molecular flexibility index (Phi) is 5.89. The molecule has 2 aromatic rings. The minimum atomic E-state index is -0.329. The molecule has 3 heteroatoms. The lowest BCUT2D eigenvalue weighted by atomic mass is 9.94. The lowest BCUT2D eigenvalue weighted by molar-refractivity contribution is -0.106. The van der Waals surface area contributed by atoms with Gasteiger partial charge in [-0.3, -0.25) is 0 Å². The second kappa shape index (κ2) is 8.13. The molecule has 0 aliphatic carbocycles. The van der Waals surface area contributed by atoms with Gasteiger partial charge in [-0.15, -0.1) is 0 Å². The molecule has 2 aromatic carbocycles. The molecule has 0 bridgehead atoms. The second-order valence-electron chi connectivity index (χ2n) is 7.88. The van der Waals surface area contributed by atoms with Gasteiger partial charge < -0.3 is 14.8 Å². The van der Waals surface area contributed by atoms with Crippen molar-refractivity contribution in [3.63, 3.8) is 0 Å². The highest BCUT2D eigenvalue weighted by Gasteiger charge is 2.37. The first-order chi connectivity index (χ1) is 12.1. The van der Waals surface area contributed by atoms with Gasteiger partial charge in [0.15, 0.2) is 0 Å². The van der Waals surface area contributed by atoms with Crippen molar-refractivity contribution in [1.82, 2.24) is 5.32 Å². The van der Waals surface area contributed by atoms with Crippen molar-refractivity contribution in [2.75, 3.05) is 26.3 Å². The highest BCUT2D eigenvalue weighted by atomic mass is 16.5. The zero-order valence-corrected chi connectivity index (χ0v) is 15.3. The van der Waals surface area contributed by atoms with Crippen LogP contribution in [0.2, 0.25) is 0 Å². The van der Waals surface area contributed by atoms with Gasteiger partial charge in [0.2, 0.25) is 0 Å². The van der Waals surface area contributed by atoms with Gasteiger partial charge in [0.1, 0.15) is 5.60 Å². The van der Waals surface area contributed by atoms with Gasteiger partial charge in [-0.1, -0.05) is 74.5 Å². The quantitative estimate of drug-likeness (QED) is 0.867. The molecule has 0 aromatic heterocycles. The first-order valence-corrected chi connectivity index (χ1v) is 9.07. The third-order valence-corrected chi connectivity index (χ3v) is 4.67. The maximum absolute atomic E-state index is 6.46. The fourth-order valence-corrected chi connectivity index (χ4v) is 3.23. The first-order valence-electron chi connectivity index (χ1n) is 9.07. The van der Waals surface area contributed by atoms with E-state index in [9.17, 15) is 0 Å². The number of ether oxygens (including phenoxy) is 2. The zero-order valence-electron chi connectivity index (χ0n) is 15.3. The van der Waals surface area contributed by atoms with Gasteiger partial charge in [0.05, 0.1) is 19.8 Å². The van der Waals surface area contributed by atoms with Crippen LogP contribution in [0.4, 0.5) is 0 Å². The molecule has 0 saturated carbocycles. The molecular formula is C22H29NO2. The van der Waals surface area contributed by atoms with E-state index in [-0.39, 0.29) is 11.0 Å². The molecule has 3 nitrogen and oxygen atoms in total. The van der Waals surface area contributed by atoms with Crippen molar-refractivity contribution >= 4 is 0 Å². The molecule has 1 N–H and O–H groups in total. The maximum Gasteiger partial charge on any atom is 0.108 e. The fourth-order valence-electron chi connectivity index (χ4n) is 3.23. The van der Waals surface area contributed by atoms with Crippen LogP contribution in [-0.2, 0) is 22.5 Å². The Morgan fingerprint density at radius 3 is 2.24 bits per heavy atom. The highest BCUT2D eigenvalue weighted by Crippen LogP contribution is 2.26. The predicted octanol–water partition coefficient (Wildman–Crippen LogP) is 3.83. The molecule has 0 spiro atoms. The van der Waals surface area contributed by atoms with Crippen molar-refractivity contribution in [1.29, 1.82) is 0 Å². The van der Waals surface area contributed by atoms with Crippen LogP contribution in [0.25, 0.3) is 0 Å². The van der Waals surface area contributed by atoms with Crippen LogP contribution in [0, 0.1) is 5.41 Å². The summed E-state index contributed by atoms with van der Waals surface area (Å²) in [5.74, 6) is 0. The van der Waals surface area contributed by atoms with Gasteiger partial charge in [-0.25, -0.2) is 0 Å². The summed E-state index contributed by atoms with van der Waals surface area (Å²) in [5, 5.41) is 3.59. The SMILES string of the molecule is CC1(C)CNCC(COCc2ccccc2)(Cc2ccccc2)OC1. The average molecular weight is 339 g/mol. The van der Waals surface area contributed by atoms with Crippen molar-refractivity contribution in [3.8, 4) is 0 Å². The first kappa shape index (κ1) is 18.1. The normalized spacial score (nSPS) is 23.1. The van der Waals surface area contributed by atoms with Gasteiger partial charge in [0.25, 0.3) is 0 Å². The number of nitrogens with one attached hydrogen (secondary N) is 1. The molecule has 1 unspecified atom stereocenters. The predicted molar refractivity (Wildman–Crippen MR) is 102 cm³/mol. The largest absolute Gasteiger partial charge is 0.374 e. The Bertz CT molecular complexity index is 642. The van der Waals surface area contributed by atoms with Gasteiger partial charge in [-0.05, 0) is 11.1 Å². The van der Waals surface area contributed by atoms with Crippen molar-refractivity contribution < 1.29 is 9.47 Å². The lowest BCUT2D eigenvalue weighted by Gasteiger charge is -2.33. The number of hydrogen-bond acceptors (Lipinski definition) is 3.